The molecular weight excluding hydrogens is 290 g/mol. The second-order valence-electron chi connectivity index (χ2n) is 5.59. The van der Waals surface area contributed by atoms with Crippen LogP contribution in [0, 0.1) is 0 Å². The smallest absolute Gasteiger partial charge is 0.269 e. The van der Waals surface area contributed by atoms with Gasteiger partial charge < -0.3 is 15.4 Å². The zero-order chi connectivity index (χ0) is 16.7. The molecule has 0 fully saturated rings. The Hall–Kier alpha value is -2.56. The third-order valence-electron chi connectivity index (χ3n) is 3.28. The molecule has 2 aromatic rings. The Morgan fingerprint density at radius 3 is 2.74 bits per heavy atom. The Kier molecular flexibility index (Phi) is 5.97. The molecule has 0 bridgehead atoms. The van der Waals surface area contributed by atoms with E-state index in [2.05, 4.69) is 29.5 Å². The van der Waals surface area contributed by atoms with Gasteiger partial charge in [-0.3, -0.25) is 4.79 Å². The van der Waals surface area contributed by atoms with Crippen LogP contribution >= 0.6 is 0 Å². The average Bonchev–Trinajstić information content (AvgIpc) is 2.55. The highest BCUT2D eigenvalue weighted by Gasteiger charge is 2.07. The Morgan fingerprint density at radius 1 is 1.26 bits per heavy atom. The van der Waals surface area contributed by atoms with Gasteiger partial charge in [-0.2, -0.15) is 0 Å². The van der Waals surface area contributed by atoms with Gasteiger partial charge in [0.1, 0.15) is 11.4 Å². The van der Waals surface area contributed by atoms with Crippen LogP contribution in [0.1, 0.15) is 29.9 Å². The van der Waals surface area contributed by atoms with E-state index in [9.17, 15) is 4.79 Å². The first kappa shape index (κ1) is 16.8. The maximum Gasteiger partial charge on any atom is 0.269 e. The molecule has 0 atom stereocenters. The van der Waals surface area contributed by atoms with Gasteiger partial charge in [0.2, 0.25) is 0 Å². The highest BCUT2D eigenvalue weighted by atomic mass is 16.5. The predicted octanol–water partition coefficient (Wildman–Crippen LogP) is 2.88. The number of nitrogens with zero attached hydrogens (tertiary/aromatic N) is 1. The van der Waals surface area contributed by atoms with Crippen LogP contribution in [0.3, 0.4) is 0 Å². The van der Waals surface area contributed by atoms with Crippen molar-refractivity contribution in [1.29, 1.82) is 0 Å². The minimum absolute atomic E-state index is 0.163. The number of methoxy groups -OCH3 is 1. The lowest BCUT2D eigenvalue weighted by atomic mass is 10.1. The number of hydrogen-bond donors (Lipinski definition) is 2. The quantitative estimate of drug-likeness (QED) is 0.825. The van der Waals surface area contributed by atoms with Gasteiger partial charge in [0.05, 0.1) is 19.0 Å². The van der Waals surface area contributed by atoms with E-state index >= 15 is 0 Å². The summed E-state index contributed by atoms with van der Waals surface area (Å²) in [5, 5.41) is 6.12. The molecule has 2 rings (SSSR count). The fraction of sp³-hybridized carbons (Fsp3) is 0.333. The number of pyridine rings is 1. The number of amides is 1. The maximum atomic E-state index is 12.1. The van der Waals surface area contributed by atoms with E-state index in [4.69, 9.17) is 4.74 Å². The Bertz CT molecular complexity index is 639. The van der Waals surface area contributed by atoms with Crippen molar-refractivity contribution in [2.24, 2.45) is 0 Å². The van der Waals surface area contributed by atoms with Crippen molar-refractivity contribution < 1.29 is 9.53 Å². The maximum absolute atomic E-state index is 12.1. The molecule has 1 aromatic heterocycles. The molecule has 23 heavy (non-hydrogen) atoms. The van der Waals surface area contributed by atoms with Crippen molar-refractivity contribution in [2.45, 2.75) is 26.3 Å². The molecular formula is C18H23N3O2. The number of carbonyl (C=O) groups is 1. The van der Waals surface area contributed by atoms with Crippen molar-refractivity contribution in [3.8, 4) is 5.75 Å². The number of carbonyl (C=O) groups excluding carboxylic acids is 1. The molecule has 0 saturated carbocycles. The van der Waals surface area contributed by atoms with Crippen LogP contribution in [-0.2, 0) is 6.42 Å². The molecule has 1 amide bonds. The summed E-state index contributed by atoms with van der Waals surface area (Å²) < 4.78 is 5.19. The summed E-state index contributed by atoms with van der Waals surface area (Å²) in [7, 11) is 1.64. The molecule has 0 aliphatic rings. The molecule has 5 nitrogen and oxygen atoms in total. The van der Waals surface area contributed by atoms with Crippen molar-refractivity contribution in [3.05, 3.63) is 53.9 Å². The molecule has 1 aromatic carbocycles. The van der Waals surface area contributed by atoms with E-state index in [0.29, 0.717) is 18.3 Å². The monoisotopic (exact) mass is 313 g/mol. The zero-order valence-corrected chi connectivity index (χ0v) is 13.8. The molecule has 0 saturated heterocycles. The van der Waals surface area contributed by atoms with Crippen molar-refractivity contribution in [1.82, 2.24) is 10.3 Å². The molecule has 1 heterocycles. The van der Waals surface area contributed by atoms with E-state index in [1.165, 1.54) is 0 Å². The first-order valence-electron chi connectivity index (χ1n) is 7.72. The van der Waals surface area contributed by atoms with Crippen LogP contribution in [0.4, 0.5) is 5.69 Å². The van der Waals surface area contributed by atoms with Crippen LogP contribution in [-0.4, -0.2) is 30.6 Å². The number of rotatable bonds is 7. The van der Waals surface area contributed by atoms with Gasteiger partial charge in [-0.05, 0) is 50.1 Å². The third kappa shape index (κ3) is 5.29. The summed E-state index contributed by atoms with van der Waals surface area (Å²) in [6.45, 7) is 4.66. The lowest BCUT2D eigenvalue weighted by Crippen LogP contribution is -2.26. The highest BCUT2D eigenvalue weighted by Crippen LogP contribution is 2.12. The van der Waals surface area contributed by atoms with Gasteiger partial charge in [-0.25, -0.2) is 4.98 Å². The largest absolute Gasteiger partial charge is 0.497 e. The zero-order valence-electron chi connectivity index (χ0n) is 13.8. The minimum Gasteiger partial charge on any atom is -0.497 e. The molecule has 0 radical (unpaired) electrons. The molecule has 5 heteroatoms. The summed E-state index contributed by atoms with van der Waals surface area (Å²) >= 11 is 0. The highest BCUT2D eigenvalue weighted by molar-refractivity contribution is 5.92. The lowest BCUT2D eigenvalue weighted by Gasteiger charge is -2.10. The van der Waals surface area contributed by atoms with E-state index in [0.717, 1.165) is 23.4 Å². The van der Waals surface area contributed by atoms with Gasteiger partial charge in [0, 0.05) is 12.6 Å². The van der Waals surface area contributed by atoms with Crippen molar-refractivity contribution in [2.75, 3.05) is 19.0 Å². The topological polar surface area (TPSA) is 63.2 Å². The summed E-state index contributed by atoms with van der Waals surface area (Å²) in [6, 6.07) is 11.8. The number of ether oxygens (including phenoxy) is 1. The molecule has 0 aliphatic carbocycles. The summed E-state index contributed by atoms with van der Waals surface area (Å²) in [5.41, 5.74) is 2.45. The summed E-state index contributed by atoms with van der Waals surface area (Å²) in [6.07, 6.45) is 2.42. The molecule has 0 aliphatic heterocycles. The van der Waals surface area contributed by atoms with Crippen LogP contribution < -0.4 is 15.4 Å². The molecule has 122 valence electrons. The number of nitrogens with one attached hydrogen (secondary N) is 2. The second kappa shape index (κ2) is 8.17. The Morgan fingerprint density at radius 2 is 2.09 bits per heavy atom. The van der Waals surface area contributed by atoms with Gasteiger partial charge in [0.15, 0.2) is 0 Å². The fourth-order valence-electron chi connectivity index (χ4n) is 2.19. The van der Waals surface area contributed by atoms with Crippen LogP contribution in [0.2, 0.25) is 0 Å². The Labute approximate surface area is 137 Å². The van der Waals surface area contributed by atoms with Gasteiger partial charge in [-0.15, -0.1) is 0 Å². The van der Waals surface area contributed by atoms with Gasteiger partial charge >= 0.3 is 0 Å². The number of hydrogen-bond acceptors (Lipinski definition) is 4. The summed E-state index contributed by atoms with van der Waals surface area (Å²) in [5.74, 6) is 0.660. The van der Waals surface area contributed by atoms with Crippen LogP contribution in [0.25, 0.3) is 0 Å². The average molecular weight is 313 g/mol. The SMILES string of the molecule is COc1cccc(CCNC(=O)c2ccc(NC(C)C)cn2)c1. The molecule has 2 N–H and O–H groups in total. The molecule has 0 unspecified atom stereocenters. The van der Waals surface area contributed by atoms with E-state index in [1.807, 2.05) is 30.3 Å². The normalized spacial score (nSPS) is 10.4. The second-order valence-corrected chi connectivity index (χ2v) is 5.59. The minimum atomic E-state index is -0.163. The van der Waals surface area contributed by atoms with Crippen molar-refractivity contribution in [3.63, 3.8) is 0 Å². The predicted molar refractivity (Wildman–Crippen MR) is 92.0 cm³/mol. The summed E-state index contributed by atoms with van der Waals surface area (Å²) in [4.78, 5) is 16.3. The van der Waals surface area contributed by atoms with Crippen LogP contribution in [0.5, 0.6) is 5.75 Å². The van der Waals surface area contributed by atoms with E-state index < -0.39 is 0 Å². The number of aromatic nitrogens is 1. The molecule has 0 spiro atoms. The van der Waals surface area contributed by atoms with Crippen LogP contribution in [0.15, 0.2) is 42.6 Å². The fourth-order valence-corrected chi connectivity index (χ4v) is 2.19. The first-order valence-corrected chi connectivity index (χ1v) is 7.72. The van der Waals surface area contributed by atoms with E-state index in [1.54, 1.807) is 19.4 Å². The standard InChI is InChI=1S/C18H23N3O2/c1-13(2)21-15-7-8-17(20-12-15)18(22)19-10-9-14-5-4-6-16(11-14)23-3/h4-8,11-13,21H,9-10H2,1-3H3,(H,19,22). The van der Waals surface area contributed by atoms with Gasteiger partial charge in [0.25, 0.3) is 5.91 Å². The van der Waals surface area contributed by atoms with E-state index in [-0.39, 0.29) is 5.91 Å². The third-order valence-corrected chi connectivity index (χ3v) is 3.28. The number of benzene rings is 1. The first-order chi connectivity index (χ1) is 11.1. The Balaban J connectivity index is 1.84. The van der Waals surface area contributed by atoms with Gasteiger partial charge in [-0.1, -0.05) is 12.1 Å². The lowest BCUT2D eigenvalue weighted by molar-refractivity contribution is 0.0949. The number of anilines is 1. The van der Waals surface area contributed by atoms with Crippen molar-refractivity contribution >= 4 is 11.6 Å².